The zero-order chi connectivity index (χ0) is 19.5. The van der Waals surface area contributed by atoms with Crippen LogP contribution < -0.4 is 0 Å². The molecule has 0 amide bonds. The number of hydrogen-bond acceptors (Lipinski definition) is 4. The molecule has 1 aliphatic carbocycles. The SMILES string of the molecule is O=C(CSc1ccccc1F)OCC(=O)c1ccc2c(c1)-c1ccccc1C2. The Labute approximate surface area is 166 Å². The molecule has 0 fully saturated rings. The summed E-state index contributed by atoms with van der Waals surface area (Å²) in [6.07, 6.45) is 0.863. The lowest BCUT2D eigenvalue weighted by molar-refractivity contribution is -0.139. The molecule has 0 spiro atoms. The maximum atomic E-state index is 13.6. The van der Waals surface area contributed by atoms with Crippen LogP contribution in [0, 0.1) is 5.82 Å². The first kappa shape index (κ1) is 18.4. The monoisotopic (exact) mass is 392 g/mol. The number of rotatable bonds is 6. The number of thioether (sulfide) groups is 1. The van der Waals surface area contributed by atoms with Crippen LogP contribution in [-0.4, -0.2) is 24.1 Å². The molecule has 0 atom stereocenters. The molecule has 3 aromatic carbocycles. The number of ether oxygens (including phenoxy) is 1. The Morgan fingerprint density at radius 2 is 1.68 bits per heavy atom. The summed E-state index contributed by atoms with van der Waals surface area (Å²) in [6, 6.07) is 20.0. The van der Waals surface area contributed by atoms with Gasteiger partial charge in [-0.25, -0.2) is 4.39 Å². The van der Waals surface area contributed by atoms with E-state index in [0.29, 0.717) is 10.5 Å². The largest absolute Gasteiger partial charge is 0.457 e. The van der Waals surface area contributed by atoms with Gasteiger partial charge in [0.2, 0.25) is 0 Å². The average molecular weight is 392 g/mol. The Balaban J connectivity index is 1.36. The number of hydrogen-bond donors (Lipinski definition) is 0. The summed E-state index contributed by atoms with van der Waals surface area (Å²) in [6.45, 7) is -0.322. The minimum absolute atomic E-state index is 0.0498. The minimum Gasteiger partial charge on any atom is -0.457 e. The fourth-order valence-corrected chi connectivity index (χ4v) is 4.00. The second kappa shape index (κ2) is 7.98. The first-order valence-electron chi connectivity index (χ1n) is 8.89. The molecule has 140 valence electrons. The summed E-state index contributed by atoms with van der Waals surface area (Å²) in [7, 11) is 0. The second-order valence-corrected chi connectivity index (χ2v) is 7.53. The Morgan fingerprint density at radius 3 is 2.54 bits per heavy atom. The van der Waals surface area contributed by atoms with Crippen molar-refractivity contribution >= 4 is 23.5 Å². The van der Waals surface area contributed by atoms with E-state index in [0.717, 1.165) is 29.3 Å². The molecule has 28 heavy (non-hydrogen) atoms. The molecule has 3 aromatic rings. The van der Waals surface area contributed by atoms with Crippen molar-refractivity contribution in [2.24, 2.45) is 0 Å². The van der Waals surface area contributed by atoms with Gasteiger partial charge in [0.1, 0.15) is 5.82 Å². The summed E-state index contributed by atoms with van der Waals surface area (Å²) in [5, 5.41) is 0. The van der Waals surface area contributed by atoms with Crippen molar-refractivity contribution in [2.45, 2.75) is 11.3 Å². The molecule has 0 heterocycles. The van der Waals surface area contributed by atoms with E-state index in [1.54, 1.807) is 24.3 Å². The Kier molecular flexibility index (Phi) is 5.26. The summed E-state index contributed by atoms with van der Waals surface area (Å²) in [5.74, 6) is -1.23. The standard InChI is InChI=1S/C23H17FO3S/c24-20-7-3-4-8-22(20)28-14-23(26)27-13-21(25)17-10-9-16-11-15-5-1-2-6-18(15)19(16)12-17/h1-10,12H,11,13-14H2. The van der Waals surface area contributed by atoms with E-state index in [4.69, 9.17) is 4.74 Å². The van der Waals surface area contributed by atoms with Gasteiger partial charge in [-0.3, -0.25) is 9.59 Å². The minimum atomic E-state index is -0.548. The average Bonchev–Trinajstić information content (AvgIpc) is 3.09. The fraction of sp³-hybridized carbons (Fsp3) is 0.130. The smallest absolute Gasteiger partial charge is 0.316 e. The molecule has 0 saturated carbocycles. The number of esters is 1. The van der Waals surface area contributed by atoms with Crippen LogP contribution in [0.4, 0.5) is 4.39 Å². The predicted molar refractivity (Wildman–Crippen MR) is 107 cm³/mol. The van der Waals surface area contributed by atoms with Crippen molar-refractivity contribution in [3.63, 3.8) is 0 Å². The lowest BCUT2D eigenvalue weighted by Crippen LogP contribution is -2.15. The maximum Gasteiger partial charge on any atom is 0.316 e. The van der Waals surface area contributed by atoms with Crippen molar-refractivity contribution in [2.75, 3.05) is 12.4 Å². The Bertz CT molecular complexity index is 1060. The maximum absolute atomic E-state index is 13.6. The van der Waals surface area contributed by atoms with Gasteiger partial charge in [-0.2, -0.15) is 0 Å². The van der Waals surface area contributed by atoms with Crippen LogP contribution in [0.2, 0.25) is 0 Å². The van der Waals surface area contributed by atoms with E-state index in [2.05, 4.69) is 12.1 Å². The first-order valence-corrected chi connectivity index (χ1v) is 9.88. The highest BCUT2D eigenvalue weighted by atomic mass is 32.2. The van der Waals surface area contributed by atoms with Gasteiger partial charge in [-0.1, -0.05) is 48.5 Å². The van der Waals surface area contributed by atoms with Gasteiger partial charge < -0.3 is 4.74 Å². The lowest BCUT2D eigenvalue weighted by atomic mass is 10.0. The molecule has 0 aromatic heterocycles. The topological polar surface area (TPSA) is 43.4 Å². The summed E-state index contributed by atoms with van der Waals surface area (Å²) in [4.78, 5) is 24.7. The van der Waals surface area contributed by atoms with Gasteiger partial charge in [-0.15, -0.1) is 11.8 Å². The van der Waals surface area contributed by atoms with Crippen LogP contribution >= 0.6 is 11.8 Å². The molecule has 0 bridgehead atoms. The molecule has 5 heteroatoms. The van der Waals surface area contributed by atoms with Crippen LogP contribution in [0.1, 0.15) is 21.5 Å². The third-order valence-corrected chi connectivity index (χ3v) is 5.69. The van der Waals surface area contributed by atoms with E-state index in [1.807, 2.05) is 24.3 Å². The number of carbonyl (C=O) groups is 2. The van der Waals surface area contributed by atoms with Gasteiger partial charge in [0.15, 0.2) is 12.4 Å². The first-order chi connectivity index (χ1) is 13.6. The third-order valence-electron chi connectivity index (χ3n) is 4.67. The quantitative estimate of drug-likeness (QED) is 0.266. The zero-order valence-corrected chi connectivity index (χ0v) is 15.8. The Hall–Kier alpha value is -2.92. The highest BCUT2D eigenvalue weighted by molar-refractivity contribution is 8.00. The van der Waals surface area contributed by atoms with Gasteiger partial charge >= 0.3 is 5.97 Å². The zero-order valence-electron chi connectivity index (χ0n) is 15.0. The number of fused-ring (bicyclic) bond motifs is 3. The number of ketones is 1. The van der Waals surface area contributed by atoms with Crippen LogP contribution in [0.3, 0.4) is 0 Å². The third kappa shape index (κ3) is 3.85. The molecule has 0 aliphatic heterocycles. The molecule has 0 N–H and O–H groups in total. The summed E-state index contributed by atoms with van der Waals surface area (Å²) < 4.78 is 18.6. The fourth-order valence-electron chi connectivity index (χ4n) is 3.27. The highest BCUT2D eigenvalue weighted by Crippen LogP contribution is 2.36. The lowest BCUT2D eigenvalue weighted by Gasteiger charge is -2.07. The van der Waals surface area contributed by atoms with Crippen molar-refractivity contribution in [3.8, 4) is 11.1 Å². The van der Waals surface area contributed by atoms with Gasteiger partial charge in [0.25, 0.3) is 0 Å². The second-order valence-electron chi connectivity index (χ2n) is 6.51. The molecular formula is C23H17FO3S. The van der Waals surface area contributed by atoms with Gasteiger partial charge in [0, 0.05) is 10.5 Å². The number of Topliss-reactive ketones (excluding diaryl/α,β-unsaturated/α-hetero) is 1. The van der Waals surface area contributed by atoms with Crippen molar-refractivity contribution in [3.05, 3.63) is 89.2 Å². The van der Waals surface area contributed by atoms with E-state index in [1.165, 1.54) is 17.2 Å². The van der Waals surface area contributed by atoms with Crippen molar-refractivity contribution in [1.29, 1.82) is 0 Å². The molecule has 0 radical (unpaired) electrons. The van der Waals surface area contributed by atoms with Crippen molar-refractivity contribution in [1.82, 2.24) is 0 Å². The number of benzene rings is 3. The highest BCUT2D eigenvalue weighted by Gasteiger charge is 2.20. The predicted octanol–water partition coefficient (Wildman–Crippen LogP) is 4.92. The van der Waals surface area contributed by atoms with E-state index in [9.17, 15) is 14.0 Å². The van der Waals surface area contributed by atoms with Gasteiger partial charge in [-0.05, 0) is 46.9 Å². The normalized spacial score (nSPS) is 11.6. The number of halogens is 1. The van der Waals surface area contributed by atoms with Crippen LogP contribution in [-0.2, 0) is 16.0 Å². The van der Waals surface area contributed by atoms with Crippen molar-refractivity contribution < 1.29 is 18.7 Å². The molecule has 4 rings (SSSR count). The van der Waals surface area contributed by atoms with Gasteiger partial charge in [0.05, 0.1) is 5.75 Å². The summed E-state index contributed by atoms with van der Waals surface area (Å²) >= 11 is 1.05. The van der Waals surface area contributed by atoms with E-state index < -0.39 is 5.97 Å². The van der Waals surface area contributed by atoms with Crippen LogP contribution in [0.5, 0.6) is 0 Å². The number of carbonyl (C=O) groups excluding carboxylic acids is 2. The van der Waals surface area contributed by atoms with Crippen LogP contribution in [0.15, 0.2) is 71.6 Å². The van der Waals surface area contributed by atoms with E-state index >= 15 is 0 Å². The Morgan fingerprint density at radius 1 is 0.929 bits per heavy atom. The molecular weight excluding hydrogens is 375 g/mol. The molecule has 3 nitrogen and oxygen atoms in total. The molecule has 1 aliphatic rings. The van der Waals surface area contributed by atoms with Crippen LogP contribution in [0.25, 0.3) is 11.1 Å². The van der Waals surface area contributed by atoms with E-state index in [-0.39, 0.29) is 24.0 Å². The molecule has 0 unspecified atom stereocenters. The summed E-state index contributed by atoms with van der Waals surface area (Å²) in [5.41, 5.74) is 5.16. The molecule has 0 saturated heterocycles.